The quantitative estimate of drug-likeness (QED) is 0.754. The molecule has 1 aliphatic rings. The van der Waals surface area contributed by atoms with E-state index in [0.29, 0.717) is 12.1 Å². The molecule has 4 N–H and O–H groups in total. The fourth-order valence-corrected chi connectivity index (χ4v) is 3.65. The third kappa shape index (κ3) is 3.36. The summed E-state index contributed by atoms with van der Waals surface area (Å²) < 4.78 is 22.7. The van der Waals surface area contributed by atoms with Crippen LogP contribution in [0.1, 0.15) is 6.42 Å². The molecule has 0 aliphatic carbocycles. The molecule has 18 heavy (non-hydrogen) atoms. The zero-order chi connectivity index (χ0) is 13.2. The third-order valence-corrected chi connectivity index (χ3v) is 4.50. The number of nitrogens with one attached hydrogen (secondary N) is 2. The average Bonchev–Trinajstić information content (AvgIpc) is 2.57. The van der Waals surface area contributed by atoms with E-state index < -0.39 is 15.9 Å². The van der Waals surface area contributed by atoms with Crippen molar-refractivity contribution >= 4 is 27.2 Å². The average molecular weight is 269 g/mol. The van der Waals surface area contributed by atoms with Gasteiger partial charge in [0.05, 0.1) is 11.5 Å². The lowest BCUT2D eigenvalue weighted by Gasteiger charge is -2.13. The number of primary amides is 1. The first-order valence-electron chi connectivity index (χ1n) is 5.58. The lowest BCUT2D eigenvalue weighted by Crippen LogP contribution is -2.21. The van der Waals surface area contributed by atoms with Crippen LogP contribution in [0.15, 0.2) is 24.3 Å². The van der Waals surface area contributed by atoms with Gasteiger partial charge in [0.2, 0.25) is 0 Å². The van der Waals surface area contributed by atoms with E-state index in [2.05, 4.69) is 10.6 Å². The smallest absolute Gasteiger partial charge is 0.316 e. The van der Waals surface area contributed by atoms with Crippen LogP contribution in [-0.4, -0.2) is 32.0 Å². The van der Waals surface area contributed by atoms with Gasteiger partial charge in [0, 0.05) is 17.4 Å². The zero-order valence-corrected chi connectivity index (χ0v) is 10.5. The van der Waals surface area contributed by atoms with Crippen LogP contribution < -0.4 is 16.4 Å². The van der Waals surface area contributed by atoms with Crippen LogP contribution in [0.25, 0.3) is 0 Å². The fraction of sp³-hybridized carbons (Fsp3) is 0.364. The molecule has 1 aromatic carbocycles. The van der Waals surface area contributed by atoms with Gasteiger partial charge < -0.3 is 16.4 Å². The summed E-state index contributed by atoms with van der Waals surface area (Å²) in [6, 6.07) is 6.31. The molecule has 1 atom stereocenters. The Hall–Kier alpha value is -1.76. The van der Waals surface area contributed by atoms with Crippen LogP contribution in [0.4, 0.5) is 16.2 Å². The van der Waals surface area contributed by atoms with Crippen molar-refractivity contribution in [1.29, 1.82) is 0 Å². The summed E-state index contributed by atoms with van der Waals surface area (Å²) in [5.41, 5.74) is 6.37. The number of hydrogen-bond acceptors (Lipinski definition) is 4. The minimum absolute atomic E-state index is 0.0705. The number of sulfone groups is 1. The molecule has 98 valence electrons. The normalized spacial score (nSPS) is 21.4. The summed E-state index contributed by atoms with van der Waals surface area (Å²) in [6.07, 6.45) is 0.607. The van der Waals surface area contributed by atoms with Crippen LogP contribution in [0.2, 0.25) is 0 Å². The third-order valence-electron chi connectivity index (χ3n) is 2.73. The topological polar surface area (TPSA) is 101 Å². The van der Waals surface area contributed by atoms with Crippen LogP contribution in [-0.2, 0) is 9.84 Å². The Morgan fingerprint density at radius 3 is 2.67 bits per heavy atom. The van der Waals surface area contributed by atoms with E-state index in [0.717, 1.165) is 5.69 Å². The number of carbonyl (C=O) groups is 1. The van der Waals surface area contributed by atoms with Crippen LogP contribution >= 0.6 is 0 Å². The van der Waals surface area contributed by atoms with Crippen molar-refractivity contribution in [3.8, 4) is 0 Å². The first kappa shape index (κ1) is 12.7. The van der Waals surface area contributed by atoms with Gasteiger partial charge in [-0.2, -0.15) is 0 Å². The molecule has 2 rings (SSSR count). The predicted octanol–water partition coefficient (Wildman–Crippen LogP) is 0.776. The summed E-state index contributed by atoms with van der Waals surface area (Å²) in [5.74, 6) is 0.379. The first-order chi connectivity index (χ1) is 8.44. The van der Waals surface area contributed by atoms with Gasteiger partial charge in [-0.3, -0.25) is 0 Å². The Kier molecular flexibility index (Phi) is 3.42. The maximum atomic E-state index is 11.3. The van der Waals surface area contributed by atoms with E-state index in [1.54, 1.807) is 18.2 Å². The molecule has 0 aromatic heterocycles. The van der Waals surface area contributed by atoms with Crippen LogP contribution in [0, 0.1) is 0 Å². The van der Waals surface area contributed by atoms with Crippen LogP contribution in [0.5, 0.6) is 0 Å². The fourth-order valence-electron chi connectivity index (χ4n) is 1.97. The summed E-state index contributed by atoms with van der Waals surface area (Å²) in [4.78, 5) is 10.7. The summed E-state index contributed by atoms with van der Waals surface area (Å²) in [7, 11) is -2.90. The number of rotatable bonds is 3. The molecule has 2 amide bonds. The maximum Gasteiger partial charge on any atom is 0.316 e. The number of amides is 2. The largest absolute Gasteiger partial charge is 0.381 e. The van der Waals surface area contributed by atoms with Gasteiger partial charge in [-0.25, -0.2) is 13.2 Å². The molecule has 1 saturated heterocycles. The van der Waals surface area contributed by atoms with E-state index in [4.69, 9.17) is 5.73 Å². The van der Waals surface area contributed by atoms with Gasteiger partial charge in [0.25, 0.3) is 0 Å². The Balaban J connectivity index is 2.04. The highest BCUT2D eigenvalue weighted by atomic mass is 32.2. The molecule has 1 fully saturated rings. The van der Waals surface area contributed by atoms with E-state index in [1.165, 1.54) is 0 Å². The molecular formula is C11H15N3O3S. The second-order valence-electron chi connectivity index (χ2n) is 4.31. The Morgan fingerprint density at radius 1 is 1.33 bits per heavy atom. The number of carbonyl (C=O) groups excluding carboxylic acids is 1. The highest BCUT2D eigenvalue weighted by molar-refractivity contribution is 7.91. The summed E-state index contributed by atoms with van der Waals surface area (Å²) >= 11 is 0. The second-order valence-corrected chi connectivity index (χ2v) is 6.54. The maximum absolute atomic E-state index is 11.3. The Morgan fingerprint density at radius 2 is 2.06 bits per heavy atom. The number of hydrogen-bond donors (Lipinski definition) is 3. The molecule has 6 nitrogen and oxygen atoms in total. The minimum atomic E-state index is -2.90. The van der Waals surface area contributed by atoms with Gasteiger partial charge in [-0.05, 0) is 24.6 Å². The van der Waals surface area contributed by atoms with Crippen molar-refractivity contribution < 1.29 is 13.2 Å². The highest BCUT2D eigenvalue weighted by Crippen LogP contribution is 2.20. The molecule has 1 unspecified atom stereocenters. The molecular weight excluding hydrogens is 254 g/mol. The molecule has 1 aromatic rings. The van der Waals surface area contributed by atoms with Gasteiger partial charge in [-0.1, -0.05) is 6.07 Å². The zero-order valence-electron chi connectivity index (χ0n) is 9.72. The molecule has 0 radical (unpaired) electrons. The first-order valence-corrected chi connectivity index (χ1v) is 7.40. The van der Waals surface area contributed by atoms with Crippen molar-refractivity contribution in [3.63, 3.8) is 0 Å². The monoisotopic (exact) mass is 269 g/mol. The number of urea groups is 1. The van der Waals surface area contributed by atoms with Crippen LogP contribution in [0.3, 0.4) is 0 Å². The Bertz CT molecular complexity index is 556. The summed E-state index contributed by atoms with van der Waals surface area (Å²) in [6.45, 7) is 0. The standard InChI is InChI=1S/C11H15N3O3S/c12-11(15)14-9-3-1-2-8(6-9)13-10-4-5-18(16,17)7-10/h1-3,6,10,13H,4-5,7H2,(H3,12,14,15). The predicted molar refractivity (Wildman–Crippen MR) is 70.3 cm³/mol. The number of anilines is 2. The molecule has 1 aliphatic heterocycles. The van der Waals surface area contributed by atoms with Crippen molar-refractivity contribution in [2.45, 2.75) is 12.5 Å². The molecule has 0 bridgehead atoms. The SMILES string of the molecule is NC(=O)Nc1cccc(NC2CCS(=O)(=O)C2)c1. The van der Waals surface area contributed by atoms with E-state index in [9.17, 15) is 13.2 Å². The molecule has 0 spiro atoms. The highest BCUT2D eigenvalue weighted by Gasteiger charge is 2.27. The molecule has 0 saturated carbocycles. The lowest BCUT2D eigenvalue weighted by atomic mass is 10.2. The van der Waals surface area contributed by atoms with E-state index >= 15 is 0 Å². The minimum Gasteiger partial charge on any atom is -0.381 e. The lowest BCUT2D eigenvalue weighted by molar-refractivity contribution is 0.259. The van der Waals surface area contributed by atoms with E-state index in [1.807, 2.05) is 6.07 Å². The van der Waals surface area contributed by atoms with Crippen molar-refractivity contribution in [2.24, 2.45) is 5.73 Å². The molecule has 7 heteroatoms. The molecule has 1 heterocycles. The Labute approximate surface area is 105 Å². The summed E-state index contributed by atoms with van der Waals surface area (Å²) in [5, 5.41) is 5.61. The van der Waals surface area contributed by atoms with Gasteiger partial charge >= 0.3 is 6.03 Å². The number of benzene rings is 1. The van der Waals surface area contributed by atoms with E-state index in [-0.39, 0.29) is 17.5 Å². The van der Waals surface area contributed by atoms with Crippen molar-refractivity contribution in [3.05, 3.63) is 24.3 Å². The van der Waals surface area contributed by atoms with Gasteiger partial charge in [0.1, 0.15) is 0 Å². The van der Waals surface area contributed by atoms with Crippen molar-refractivity contribution in [2.75, 3.05) is 22.1 Å². The van der Waals surface area contributed by atoms with Gasteiger partial charge in [0.15, 0.2) is 9.84 Å². The van der Waals surface area contributed by atoms with Crippen molar-refractivity contribution in [1.82, 2.24) is 0 Å². The second kappa shape index (κ2) is 4.85. The number of nitrogens with two attached hydrogens (primary N) is 1. The van der Waals surface area contributed by atoms with Gasteiger partial charge in [-0.15, -0.1) is 0 Å².